The van der Waals surface area contributed by atoms with Gasteiger partial charge >= 0.3 is 0 Å². The summed E-state index contributed by atoms with van der Waals surface area (Å²) >= 11 is 12.5. The van der Waals surface area contributed by atoms with E-state index in [0.717, 1.165) is 22.0 Å². The Morgan fingerprint density at radius 3 is 2.25 bits per heavy atom. The fourth-order valence-corrected chi connectivity index (χ4v) is 4.22. The lowest BCUT2D eigenvalue weighted by molar-refractivity contribution is 0.0645. The van der Waals surface area contributed by atoms with Crippen LogP contribution in [0.15, 0.2) is 42.5 Å². The number of halogens is 2. The predicted molar refractivity (Wildman–Crippen MR) is 118 cm³/mol. The molecule has 0 aliphatic carbocycles. The second kappa shape index (κ2) is 8.10. The van der Waals surface area contributed by atoms with E-state index in [4.69, 9.17) is 28.2 Å². The number of nitrogens with zero attached hydrogens (tertiary/aromatic N) is 2. The second-order valence-corrected chi connectivity index (χ2v) is 8.35. The van der Waals surface area contributed by atoms with Gasteiger partial charge in [0.15, 0.2) is 0 Å². The first-order valence-electron chi connectivity index (χ1n) is 9.39. The predicted octanol–water partition coefficient (Wildman–Crippen LogP) is 6.78. The number of hydrogen-bond donors (Lipinski definition) is 0. The summed E-state index contributed by atoms with van der Waals surface area (Å²) in [7, 11) is 0. The van der Waals surface area contributed by atoms with Crippen LogP contribution in [0.2, 0.25) is 10.0 Å². The number of amides is 1. The molecule has 0 unspecified atom stereocenters. The molecule has 5 heteroatoms. The van der Waals surface area contributed by atoms with Crippen molar-refractivity contribution < 1.29 is 4.79 Å². The van der Waals surface area contributed by atoms with E-state index >= 15 is 0 Å². The maximum Gasteiger partial charge on any atom is 0.255 e. The number of carbonyl (C=O) groups is 1. The van der Waals surface area contributed by atoms with Crippen molar-refractivity contribution in [2.45, 2.75) is 46.7 Å². The van der Waals surface area contributed by atoms with E-state index in [9.17, 15) is 4.79 Å². The minimum atomic E-state index is 0.00689. The smallest absolute Gasteiger partial charge is 0.255 e. The van der Waals surface area contributed by atoms with Crippen LogP contribution in [-0.4, -0.2) is 27.9 Å². The van der Waals surface area contributed by atoms with Crippen molar-refractivity contribution in [3.8, 4) is 11.3 Å². The SMILES string of the molecule is Cc1c(-c2ccc(Cl)cc2Cl)nc2ccccc2c1C(=O)N(C(C)C)C(C)C. The highest BCUT2D eigenvalue weighted by Gasteiger charge is 2.27. The number of fused-ring (bicyclic) bond motifs is 1. The molecule has 3 nitrogen and oxygen atoms in total. The normalized spacial score (nSPS) is 11.5. The van der Waals surface area contributed by atoms with Gasteiger partial charge in [0.25, 0.3) is 5.91 Å². The molecule has 146 valence electrons. The van der Waals surface area contributed by atoms with Crippen LogP contribution in [0.5, 0.6) is 0 Å². The summed E-state index contributed by atoms with van der Waals surface area (Å²) < 4.78 is 0. The first-order valence-corrected chi connectivity index (χ1v) is 10.2. The molecule has 28 heavy (non-hydrogen) atoms. The number of carbonyl (C=O) groups excluding carboxylic acids is 1. The molecule has 0 radical (unpaired) electrons. The van der Waals surface area contributed by atoms with Crippen LogP contribution in [0.4, 0.5) is 0 Å². The van der Waals surface area contributed by atoms with E-state index in [0.29, 0.717) is 21.3 Å². The Labute approximate surface area is 176 Å². The van der Waals surface area contributed by atoms with Gasteiger partial charge in [0.1, 0.15) is 0 Å². The summed E-state index contributed by atoms with van der Waals surface area (Å²) in [6.45, 7) is 10.1. The minimum absolute atomic E-state index is 0.00689. The molecule has 0 atom stereocenters. The summed E-state index contributed by atoms with van der Waals surface area (Å²) in [5.74, 6) is 0.00689. The van der Waals surface area contributed by atoms with Gasteiger partial charge in [-0.3, -0.25) is 4.79 Å². The molecule has 1 aromatic heterocycles. The van der Waals surface area contributed by atoms with E-state index in [2.05, 4.69) is 0 Å². The van der Waals surface area contributed by atoms with E-state index in [1.807, 2.05) is 69.9 Å². The Bertz CT molecular complexity index is 1040. The molecule has 0 spiro atoms. The van der Waals surface area contributed by atoms with Gasteiger partial charge in [-0.05, 0) is 64.4 Å². The summed E-state index contributed by atoms with van der Waals surface area (Å²) in [6, 6.07) is 13.2. The van der Waals surface area contributed by atoms with E-state index in [1.165, 1.54) is 0 Å². The lowest BCUT2D eigenvalue weighted by Gasteiger charge is -2.32. The molecular weight excluding hydrogens is 391 g/mol. The lowest BCUT2D eigenvalue weighted by Crippen LogP contribution is -2.42. The molecule has 3 rings (SSSR count). The van der Waals surface area contributed by atoms with Crippen molar-refractivity contribution >= 4 is 40.0 Å². The van der Waals surface area contributed by atoms with Crippen LogP contribution >= 0.6 is 23.2 Å². The van der Waals surface area contributed by atoms with Crippen molar-refractivity contribution in [1.29, 1.82) is 0 Å². The maximum absolute atomic E-state index is 13.6. The van der Waals surface area contributed by atoms with Crippen LogP contribution < -0.4 is 0 Å². The zero-order valence-electron chi connectivity index (χ0n) is 16.8. The van der Waals surface area contributed by atoms with Crippen molar-refractivity contribution in [3.05, 3.63) is 63.6 Å². The molecule has 0 fully saturated rings. The first-order chi connectivity index (χ1) is 13.2. The molecule has 1 amide bonds. The molecule has 0 N–H and O–H groups in total. The van der Waals surface area contributed by atoms with Crippen LogP contribution in [0, 0.1) is 6.92 Å². The molecule has 2 aromatic carbocycles. The van der Waals surface area contributed by atoms with Gasteiger partial charge in [0.05, 0.1) is 21.8 Å². The molecule has 1 heterocycles. The molecule has 0 bridgehead atoms. The molecule has 0 saturated heterocycles. The average molecular weight is 415 g/mol. The van der Waals surface area contributed by atoms with Gasteiger partial charge in [-0.15, -0.1) is 0 Å². The van der Waals surface area contributed by atoms with Crippen LogP contribution in [-0.2, 0) is 0 Å². The molecule has 3 aromatic rings. The standard InChI is InChI=1S/C23H24Cl2N2O/c1-13(2)27(14(3)4)23(28)21-15(5)22(17-11-10-16(24)12-19(17)25)26-20-9-7-6-8-18(20)21/h6-14H,1-5H3. The van der Waals surface area contributed by atoms with E-state index in [1.54, 1.807) is 12.1 Å². The Morgan fingerprint density at radius 1 is 1.00 bits per heavy atom. The van der Waals surface area contributed by atoms with Gasteiger partial charge < -0.3 is 4.90 Å². The number of para-hydroxylation sites is 1. The van der Waals surface area contributed by atoms with Crippen LogP contribution in [0.25, 0.3) is 22.2 Å². The van der Waals surface area contributed by atoms with Crippen molar-refractivity contribution in [2.24, 2.45) is 0 Å². The van der Waals surface area contributed by atoms with Gasteiger partial charge in [0.2, 0.25) is 0 Å². The summed E-state index contributed by atoms with van der Waals surface area (Å²) in [6.07, 6.45) is 0. The summed E-state index contributed by atoms with van der Waals surface area (Å²) in [5, 5.41) is 1.93. The van der Waals surface area contributed by atoms with Crippen molar-refractivity contribution in [1.82, 2.24) is 9.88 Å². The third-order valence-corrected chi connectivity index (χ3v) is 5.43. The molecular formula is C23H24Cl2N2O. The van der Waals surface area contributed by atoms with E-state index in [-0.39, 0.29) is 18.0 Å². The minimum Gasteiger partial charge on any atom is -0.334 e. The number of aromatic nitrogens is 1. The first kappa shape index (κ1) is 20.6. The number of hydrogen-bond acceptors (Lipinski definition) is 2. The highest BCUT2D eigenvalue weighted by molar-refractivity contribution is 6.36. The topological polar surface area (TPSA) is 33.2 Å². The number of rotatable bonds is 4. The van der Waals surface area contributed by atoms with Gasteiger partial charge in [0, 0.05) is 28.1 Å². The van der Waals surface area contributed by atoms with Crippen LogP contribution in [0.1, 0.15) is 43.6 Å². The molecule has 0 aliphatic rings. The Kier molecular flexibility index (Phi) is 5.97. The fourth-order valence-electron chi connectivity index (χ4n) is 3.72. The quantitative estimate of drug-likeness (QED) is 0.471. The zero-order chi connectivity index (χ0) is 20.6. The van der Waals surface area contributed by atoms with Crippen molar-refractivity contribution in [2.75, 3.05) is 0 Å². The number of benzene rings is 2. The largest absolute Gasteiger partial charge is 0.334 e. The summed E-state index contributed by atoms with van der Waals surface area (Å²) in [4.78, 5) is 20.4. The Hall–Kier alpha value is -2.10. The molecule has 0 aliphatic heterocycles. The Balaban J connectivity index is 2.33. The summed E-state index contributed by atoms with van der Waals surface area (Å²) in [5.41, 5.74) is 3.73. The van der Waals surface area contributed by atoms with Gasteiger partial charge in [-0.2, -0.15) is 0 Å². The zero-order valence-corrected chi connectivity index (χ0v) is 18.3. The second-order valence-electron chi connectivity index (χ2n) is 7.50. The Morgan fingerprint density at radius 2 is 1.64 bits per heavy atom. The highest BCUT2D eigenvalue weighted by Crippen LogP contribution is 2.35. The highest BCUT2D eigenvalue weighted by atomic mass is 35.5. The van der Waals surface area contributed by atoms with Gasteiger partial charge in [-0.25, -0.2) is 4.98 Å². The van der Waals surface area contributed by atoms with E-state index < -0.39 is 0 Å². The van der Waals surface area contributed by atoms with Crippen molar-refractivity contribution in [3.63, 3.8) is 0 Å². The van der Waals surface area contributed by atoms with Gasteiger partial charge in [-0.1, -0.05) is 41.4 Å². The number of pyridine rings is 1. The monoisotopic (exact) mass is 414 g/mol. The maximum atomic E-state index is 13.6. The third-order valence-electron chi connectivity index (χ3n) is 4.88. The molecule has 0 saturated carbocycles. The lowest BCUT2D eigenvalue weighted by atomic mass is 9.96. The third kappa shape index (κ3) is 3.74. The fraction of sp³-hybridized carbons (Fsp3) is 0.304. The average Bonchev–Trinajstić information content (AvgIpc) is 2.61. The van der Waals surface area contributed by atoms with Crippen LogP contribution in [0.3, 0.4) is 0 Å².